The van der Waals surface area contributed by atoms with Crippen LogP contribution in [-0.2, 0) is 9.63 Å². The summed E-state index contributed by atoms with van der Waals surface area (Å²) in [5, 5.41) is 14.5. The lowest BCUT2D eigenvalue weighted by molar-refractivity contribution is -0.133. The number of rotatable bonds is 7. The molecule has 0 aromatic heterocycles. The van der Waals surface area contributed by atoms with Gasteiger partial charge in [-0.1, -0.05) is 5.92 Å². The summed E-state index contributed by atoms with van der Waals surface area (Å²) in [5.74, 6) is 6.42. The van der Waals surface area contributed by atoms with Crippen molar-refractivity contribution >= 4 is 18.9 Å². The van der Waals surface area contributed by atoms with Gasteiger partial charge in [0, 0.05) is 17.7 Å². The minimum absolute atomic E-state index is 0.0321. The Labute approximate surface area is 141 Å². The highest BCUT2D eigenvalue weighted by Gasteiger charge is 2.22. The van der Waals surface area contributed by atoms with Gasteiger partial charge in [-0.3, -0.25) is 14.4 Å². The number of terminal acetylenes is 1. The van der Waals surface area contributed by atoms with E-state index in [4.69, 9.17) is 6.42 Å². The van der Waals surface area contributed by atoms with Crippen LogP contribution in [0.2, 0.25) is 6.82 Å². The van der Waals surface area contributed by atoms with Crippen molar-refractivity contribution in [1.82, 2.24) is 16.0 Å². The van der Waals surface area contributed by atoms with Crippen molar-refractivity contribution in [3.63, 3.8) is 0 Å². The molecule has 2 amide bonds. The zero-order valence-electron chi connectivity index (χ0n) is 13.4. The summed E-state index contributed by atoms with van der Waals surface area (Å²) in [6.45, 7) is 1.54. The molecule has 1 rings (SSSR count). The molecule has 1 aromatic carbocycles. The van der Waals surface area contributed by atoms with Gasteiger partial charge >= 0.3 is 7.05 Å². The van der Waals surface area contributed by atoms with E-state index in [1.807, 2.05) is 0 Å². The van der Waals surface area contributed by atoms with Crippen molar-refractivity contribution in [2.45, 2.75) is 12.9 Å². The Balaban J connectivity index is 2.79. The average Bonchev–Trinajstić information content (AvgIpc) is 2.57. The fraction of sp³-hybridized carbons (Fsp3) is 0.250. The maximum Gasteiger partial charge on any atom is 0.373 e. The summed E-state index contributed by atoms with van der Waals surface area (Å²) in [6, 6.07) is 5.52. The number of hydrogen-bond donors (Lipinski definition) is 4. The molecule has 0 fully saturated rings. The maximum atomic E-state index is 12.2. The Hall–Kier alpha value is -2.78. The van der Waals surface area contributed by atoms with Crippen LogP contribution >= 0.6 is 0 Å². The van der Waals surface area contributed by atoms with Gasteiger partial charge in [0.05, 0.1) is 7.11 Å². The van der Waals surface area contributed by atoms with Gasteiger partial charge in [-0.05, 0) is 42.9 Å². The minimum Gasteiger partial charge on any atom is -0.437 e. The van der Waals surface area contributed by atoms with Crippen LogP contribution in [0, 0.1) is 24.2 Å². The van der Waals surface area contributed by atoms with Gasteiger partial charge in [0.25, 0.3) is 11.8 Å². The summed E-state index contributed by atoms with van der Waals surface area (Å²) in [6.07, 6.45) is 5.05. The van der Waals surface area contributed by atoms with Crippen LogP contribution in [0.25, 0.3) is 0 Å². The SMILES string of the molecule is C#CC#Cc1ccc(C(=O)N[C@@H](CNB(C)O)C(=O)NOC)cc1. The van der Waals surface area contributed by atoms with Crippen molar-refractivity contribution < 1.29 is 19.5 Å². The monoisotopic (exact) mass is 327 g/mol. The van der Waals surface area contributed by atoms with Crippen LogP contribution in [-0.4, -0.2) is 43.6 Å². The van der Waals surface area contributed by atoms with Gasteiger partial charge in [0.2, 0.25) is 0 Å². The molecular weight excluding hydrogens is 309 g/mol. The van der Waals surface area contributed by atoms with Crippen molar-refractivity contribution in [3.8, 4) is 24.2 Å². The van der Waals surface area contributed by atoms with E-state index in [1.165, 1.54) is 13.9 Å². The first kappa shape index (κ1) is 19.3. The normalized spacial score (nSPS) is 10.6. The van der Waals surface area contributed by atoms with E-state index in [-0.39, 0.29) is 6.54 Å². The van der Waals surface area contributed by atoms with Crippen molar-refractivity contribution in [3.05, 3.63) is 35.4 Å². The Morgan fingerprint density at radius 2 is 2.04 bits per heavy atom. The van der Waals surface area contributed by atoms with Crippen LogP contribution < -0.4 is 16.0 Å². The van der Waals surface area contributed by atoms with Crippen LogP contribution in [0.5, 0.6) is 0 Å². The summed E-state index contributed by atoms with van der Waals surface area (Å²) < 4.78 is 0. The third-order valence-electron chi connectivity index (χ3n) is 2.87. The molecule has 0 radical (unpaired) electrons. The number of carbonyl (C=O) groups excluding carboxylic acids is 2. The summed E-state index contributed by atoms with van der Waals surface area (Å²) in [5.41, 5.74) is 3.18. The van der Waals surface area contributed by atoms with E-state index in [1.54, 1.807) is 24.3 Å². The number of carbonyl (C=O) groups is 2. The smallest absolute Gasteiger partial charge is 0.373 e. The predicted octanol–water partition coefficient (Wildman–Crippen LogP) is -0.853. The van der Waals surface area contributed by atoms with E-state index >= 15 is 0 Å². The molecule has 0 unspecified atom stereocenters. The zero-order chi connectivity index (χ0) is 17.9. The quantitative estimate of drug-likeness (QED) is 0.297. The molecule has 0 aliphatic rings. The highest BCUT2D eigenvalue weighted by molar-refractivity contribution is 6.45. The summed E-state index contributed by atoms with van der Waals surface area (Å²) in [4.78, 5) is 28.7. The Kier molecular flexibility index (Phi) is 8.10. The standard InChI is InChI=1S/C16H18BN3O4/c1-4-5-6-12-7-9-13(10-8-12)15(21)19-14(11-18-17(2)23)16(22)20-24-3/h1,7-10,14,18,23H,11H2,2-3H3,(H,19,21)(H,20,22)/t14-/m0/s1. The molecule has 0 aliphatic carbocycles. The molecule has 0 heterocycles. The molecule has 1 atom stereocenters. The number of benzene rings is 1. The first-order chi connectivity index (χ1) is 11.5. The van der Waals surface area contributed by atoms with Crippen molar-refractivity contribution in [2.75, 3.05) is 13.7 Å². The molecule has 0 bridgehead atoms. The minimum atomic E-state index is -0.923. The first-order valence-corrected chi connectivity index (χ1v) is 7.09. The van der Waals surface area contributed by atoms with Crippen molar-refractivity contribution in [1.29, 1.82) is 0 Å². The largest absolute Gasteiger partial charge is 0.437 e. The topological polar surface area (TPSA) is 99.7 Å². The van der Waals surface area contributed by atoms with E-state index in [0.29, 0.717) is 11.1 Å². The van der Waals surface area contributed by atoms with E-state index < -0.39 is 24.9 Å². The second-order valence-electron chi connectivity index (χ2n) is 4.75. The average molecular weight is 327 g/mol. The second-order valence-corrected chi connectivity index (χ2v) is 4.75. The fourth-order valence-electron chi connectivity index (χ4n) is 1.72. The molecule has 124 valence electrons. The zero-order valence-corrected chi connectivity index (χ0v) is 13.4. The van der Waals surface area contributed by atoms with Gasteiger partial charge in [-0.15, -0.1) is 6.42 Å². The lowest BCUT2D eigenvalue weighted by atomic mass is 9.88. The molecular formula is C16H18BN3O4. The van der Waals surface area contributed by atoms with Crippen LogP contribution in [0.3, 0.4) is 0 Å². The predicted molar refractivity (Wildman–Crippen MR) is 90.4 cm³/mol. The van der Waals surface area contributed by atoms with Gasteiger partial charge in [0.15, 0.2) is 0 Å². The highest BCUT2D eigenvalue weighted by atomic mass is 16.6. The van der Waals surface area contributed by atoms with Gasteiger partial charge in [-0.25, -0.2) is 5.48 Å². The molecule has 0 saturated carbocycles. The second kappa shape index (κ2) is 10.1. The van der Waals surface area contributed by atoms with Crippen LogP contribution in [0.1, 0.15) is 15.9 Å². The maximum absolute atomic E-state index is 12.2. The summed E-state index contributed by atoms with van der Waals surface area (Å²) in [7, 11) is 0.461. The number of hydrogen-bond acceptors (Lipinski definition) is 5. The first-order valence-electron chi connectivity index (χ1n) is 7.09. The molecule has 0 spiro atoms. The highest BCUT2D eigenvalue weighted by Crippen LogP contribution is 2.04. The molecule has 4 N–H and O–H groups in total. The lowest BCUT2D eigenvalue weighted by Gasteiger charge is -2.18. The fourth-order valence-corrected chi connectivity index (χ4v) is 1.72. The number of nitrogens with one attached hydrogen (secondary N) is 3. The Morgan fingerprint density at radius 1 is 1.38 bits per heavy atom. The molecule has 0 aliphatic heterocycles. The molecule has 8 heteroatoms. The number of hydroxylamine groups is 1. The third kappa shape index (κ3) is 6.55. The number of amides is 2. The van der Waals surface area contributed by atoms with E-state index in [9.17, 15) is 14.6 Å². The van der Waals surface area contributed by atoms with Crippen molar-refractivity contribution in [2.24, 2.45) is 0 Å². The summed E-state index contributed by atoms with van der Waals surface area (Å²) >= 11 is 0. The Morgan fingerprint density at radius 3 is 2.58 bits per heavy atom. The third-order valence-corrected chi connectivity index (χ3v) is 2.87. The van der Waals surface area contributed by atoms with E-state index in [0.717, 1.165) is 0 Å². The molecule has 7 nitrogen and oxygen atoms in total. The van der Waals surface area contributed by atoms with E-state index in [2.05, 4.69) is 38.6 Å². The van der Waals surface area contributed by atoms with Crippen LogP contribution in [0.4, 0.5) is 0 Å². The molecule has 24 heavy (non-hydrogen) atoms. The molecule has 1 aromatic rings. The lowest BCUT2D eigenvalue weighted by Crippen LogP contribution is -2.53. The van der Waals surface area contributed by atoms with Gasteiger partial charge in [0.1, 0.15) is 6.04 Å². The van der Waals surface area contributed by atoms with Crippen LogP contribution in [0.15, 0.2) is 24.3 Å². The van der Waals surface area contributed by atoms with Gasteiger partial charge < -0.3 is 15.6 Å². The van der Waals surface area contributed by atoms with Gasteiger partial charge in [-0.2, -0.15) is 0 Å². The Bertz CT molecular complexity index is 671. The molecule has 0 saturated heterocycles.